The van der Waals surface area contributed by atoms with Gasteiger partial charge in [0, 0.05) is 31.6 Å². The van der Waals surface area contributed by atoms with Crippen LogP contribution in [0, 0.1) is 5.82 Å². The number of halogens is 1. The number of hydrogen-bond donors (Lipinski definition) is 0. The Morgan fingerprint density at radius 3 is 2.88 bits per heavy atom. The predicted molar refractivity (Wildman–Crippen MR) is 86.8 cm³/mol. The Bertz CT molecular complexity index is 706. The van der Waals surface area contributed by atoms with E-state index in [2.05, 4.69) is 4.98 Å². The zero-order chi connectivity index (χ0) is 16.9. The van der Waals surface area contributed by atoms with Gasteiger partial charge in [0.05, 0.1) is 19.3 Å². The van der Waals surface area contributed by atoms with Crippen molar-refractivity contribution in [2.24, 2.45) is 0 Å². The Balaban J connectivity index is 1.98. The molecule has 0 saturated carbocycles. The highest BCUT2D eigenvalue weighted by molar-refractivity contribution is 5.79. The summed E-state index contributed by atoms with van der Waals surface area (Å²) in [6, 6.07) is 7.92. The lowest BCUT2D eigenvalue weighted by Crippen LogP contribution is -2.45. The molecule has 3 rings (SSSR count). The zero-order valence-electron chi connectivity index (χ0n) is 13.4. The van der Waals surface area contributed by atoms with Crippen LogP contribution in [0.15, 0.2) is 42.7 Å². The smallest absolute Gasteiger partial charge is 0.249 e. The SMILES string of the molecule is COCCN1C(=O)COCC1c1cnccc1-c1ccc(F)cc1. The summed E-state index contributed by atoms with van der Waals surface area (Å²) in [5.41, 5.74) is 2.67. The predicted octanol–water partition coefficient (Wildman–Crippen LogP) is 2.43. The number of rotatable bonds is 5. The molecule has 2 aromatic rings. The summed E-state index contributed by atoms with van der Waals surface area (Å²) in [6.45, 7) is 1.41. The topological polar surface area (TPSA) is 51.7 Å². The van der Waals surface area contributed by atoms with Crippen LogP contribution in [0.1, 0.15) is 11.6 Å². The fourth-order valence-electron chi connectivity index (χ4n) is 2.90. The molecule has 1 aromatic carbocycles. The molecule has 1 unspecified atom stereocenters. The van der Waals surface area contributed by atoms with E-state index in [0.29, 0.717) is 19.8 Å². The maximum atomic E-state index is 13.2. The highest BCUT2D eigenvalue weighted by atomic mass is 19.1. The minimum Gasteiger partial charge on any atom is -0.383 e. The molecular formula is C18H19FN2O3. The molecule has 5 nitrogen and oxygen atoms in total. The number of morpholine rings is 1. The third kappa shape index (κ3) is 3.44. The molecular weight excluding hydrogens is 311 g/mol. The summed E-state index contributed by atoms with van der Waals surface area (Å²) >= 11 is 0. The van der Waals surface area contributed by atoms with E-state index in [1.807, 2.05) is 6.07 Å². The van der Waals surface area contributed by atoms with E-state index in [0.717, 1.165) is 16.7 Å². The van der Waals surface area contributed by atoms with E-state index >= 15 is 0 Å². The standard InChI is InChI=1S/C18H19FN2O3/c1-23-9-8-21-17(11-24-12-18(21)22)16-10-20-7-6-15(16)13-2-4-14(19)5-3-13/h2-7,10,17H,8-9,11-12H2,1H3. The summed E-state index contributed by atoms with van der Waals surface area (Å²) in [5, 5.41) is 0. The van der Waals surface area contributed by atoms with Gasteiger partial charge in [0.2, 0.25) is 5.91 Å². The number of nitrogens with zero attached hydrogens (tertiary/aromatic N) is 2. The second kappa shape index (κ2) is 7.51. The lowest BCUT2D eigenvalue weighted by molar-refractivity contribution is -0.149. The van der Waals surface area contributed by atoms with Gasteiger partial charge in [0.25, 0.3) is 0 Å². The number of pyridine rings is 1. The van der Waals surface area contributed by atoms with E-state index in [4.69, 9.17) is 9.47 Å². The van der Waals surface area contributed by atoms with Crippen LogP contribution >= 0.6 is 0 Å². The minimum absolute atomic E-state index is 0.0720. The Hall–Kier alpha value is -2.31. The van der Waals surface area contributed by atoms with Crippen LogP contribution in [0.25, 0.3) is 11.1 Å². The van der Waals surface area contributed by atoms with Gasteiger partial charge in [-0.25, -0.2) is 4.39 Å². The molecule has 1 aliphatic heterocycles. The maximum absolute atomic E-state index is 13.2. The summed E-state index contributed by atoms with van der Waals surface area (Å²) in [5.74, 6) is -0.357. The molecule has 0 N–H and O–H groups in total. The van der Waals surface area contributed by atoms with Crippen LogP contribution in [-0.4, -0.2) is 49.3 Å². The Morgan fingerprint density at radius 1 is 1.33 bits per heavy atom. The van der Waals surface area contributed by atoms with Crippen molar-refractivity contribution in [1.82, 2.24) is 9.88 Å². The quantitative estimate of drug-likeness (QED) is 0.845. The van der Waals surface area contributed by atoms with Gasteiger partial charge in [-0.2, -0.15) is 0 Å². The number of hydrogen-bond acceptors (Lipinski definition) is 4. The van der Waals surface area contributed by atoms with Crippen molar-refractivity contribution >= 4 is 5.91 Å². The third-order valence-electron chi connectivity index (χ3n) is 4.10. The van der Waals surface area contributed by atoms with Gasteiger partial charge >= 0.3 is 0 Å². The summed E-state index contributed by atoms with van der Waals surface area (Å²) < 4.78 is 23.8. The molecule has 1 aromatic heterocycles. The summed E-state index contributed by atoms with van der Waals surface area (Å²) in [4.78, 5) is 18.2. The van der Waals surface area contributed by atoms with E-state index in [1.165, 1.54) is 12.1 Å². The van der Waals surface area contributed by atoms with Crippen LogP contribution in [-0.2, 0) is 14.3 Å². The fraction of sp³-hybridized carbons (Fsp3) is 0.333. The van der Waals surface area contributed by atoms with Crippen molar-refractivity contribution in [3.05, 3.63) is 54.1 Å². The molecule has 0 spiro atoms. The molecule has 1 aliphatic rings. The molecule has 1 amide bonds. The number of ether oxygens (including phenoxy) is 2. The van der Waals surface area contributed by atoms with Gasteiger partial charge in [-0.1, -0.05) is 12.1 Å². The highest BCUT2D eigenvalue weighted by Crippen LogP contribution is 2.32. The van der Waals surface area contributed by atoms with Crippen LogP contribution in [0.4, 0.5) is 4.39 Å². The van der Waals surface area contributed by atoms with Crippen molar-refractivity contribution < 1.29 is 18.7 Å². The van der Waals surface area contributed by atoms with Gasteiger partial charge < -0.3 is 14.4 Å². The third-order valence-corrected chi connectivity index (χ3v) is 4.10. The van der Waals surface area contributed by atoms with Crippen LogP contribution in [0.3, 0.4) is 0 Å². The van der Waals surface area contributed by atoms with Gasteiger partial charge in [-0.05, 0) is 29.3 Å². The fourth-order valence-corrected chi connectivity index (χ4v) is 2.90. The van der Waals surface area contributed by atoms with Gasteiger partial charge in [-0.15, -0.1) is 0 Å². The van der Waals surface area contributed by atoms with Crippen molar-refractivity contribution in [3.63, 3.8) is 0 Å². The molecule has 0 aliphatic carbocycles. The maximum Gasteiger partial charge on any atom is 0.249 e. The number of carbonyl (C=O) groups is 1. The summed E-state index contributed by atoms with van der Waals surface area (Å²) in [6.07, 6.45) is 3.43. The van der Waals surface area contributed by atoms with Crippen molar-refractivity contribution in [1.29, 1.82) is 0 Å². The molecule has 126 valence electrons. The van der Waals surface area contributed by atoms with Gasteiger partial charge in [-0.3, -0.25) is 9.78 Å². The van der Waals surface area contributed by atoms with E-state index in [1.54, 1.807) is 36.5 Å². The largest absolute Gasteiger partial charge is 0.383 e. The average molecular weight is 330 g/mol. The Morgan fingerprint density at radius 2 is 2.12 bits per heavy atom. The molecule has 1 fully saturated rings. The van der Waals surface area contributed by atoms with Crippen molar-refractivity contribution in [2.45, 2.75) is 6.04 Å². The van der Waals surface area contributed by atoms with Gasteiger partial charge in [0.1, 0.15) is 12.4 Å². The molecule has 6 heteroatoms. The number of aromatic nitrogens is 1. The first-order chi connectivity index (χ1) is 11.7. The van der Waals surface area contributed by atoms with Crippen molar-refractivity contribution in [2.75, 3.05) is 33.5 Å². The number of methoxy groups -OCH3 is 1. The lowest BCUT2D eigenvalue weighted by atomic mass is 9.95. The van der Waals surface area contributed by atoms with Gasteiger partial charge in [0.15, 0.2) is 0 Å². The second-order valence-electron chi connectivity index (χ2n) is 5.58. The monoisotopic (exact) mass is 330 g/mol. The van der Waals surface area contributed by atoms with E-state index in [9.17, 15) is 9.18 Å². The molecule has 2 heterocycles. The van der Waals surface area contributed by atoms with E-state index in [-0.39, 0.29) is 24.4 Å². The first kappa shape index (κ1) is 16.5. The number of amides is 1. The van der Waals surface area contributed by atoms with Crippen LogP contribution < -0.4 is 0 Å². The molecule has 1 atom stereocenters. The first-order valence-corrected chi connectivity index (χ1v) is 7.76. The molecule has 24 heavy (non-hydrogen) atoms. The second-order valence-corrected chi connectivity index (χ2v) is 5.58. The summed E-state index contributed by atoms with van der Waals surface area (Å²) in [7, 11) is 1.61. The Labute approximate surface area is 140 Å². The lowest BCUT2D eigenvalue weighted by Gasteiger charge is -2.36. The van der Waals surface area contributed by atoms with Crippen molar-refractivity contribution in [3.8, 4) is 11.1 Å². The van der Waals surface area contributed by atoms with Crippen LogP contribution in [0.5, 0.6) is 0 Å². The molecule has 0 bridgehead atoms. The number of benzene rings is 1. The van der Waals surface area contributed by atoms with Crippen LogP contribution in [0.2, 0.25) is 0 Å². The normalized spacial score (nSPS) is 18.0. The highest BCUT2D eigenvalue weighted by Gasteiger charge is 2.31. The Kier molecular flexibility index (Phi) is 5.17. The van der Waals surface area contributed by atoms with E-state index < -0.39 is 0 Å². The minimum atomic E-state index is -0.285. The first-order valence-electron chi connectivity index (χ1n) is 7.76. The molecule has 1 saturated heterocycles. The average Bonchev–Trinajstić information content (AvgIpc) is 2.61. The number of carbonyl (C=O) groups excluding carboxylic acids is 1. The zero-order valence-corrected chi connectivity index (χ0v) is 13.4. The molecule has 0 radical (unpaired) electrons.